The van der Waals surface area contributed by atoms with Crippen molar-refractivity contribution in [2.45, 2.75) is 26.4 Å². The normalized spacial score (nSPS) is 10.8. The Kier molecular flexibility index (Phi) is 5.83. The molecule has 1 aromatic carbocycles. The molecule has 0 unspecified atom stereocenters. The van der Waals surface area contributed by atoms with Crippen molar-refractivity contribution in [2.75, 3.05) is 14.1 Å². The van der Waals surface area contributed by atoms with Crippen molar-refractivity contribution in [3.8, 4) is 0 Å². The van der Waals surface area contributed by atoms with Gasteiger partial charge in [0, 0.05) is 42.9 Å². The molecular formula is C18H22BrN3O2. The van der Waals surface area contributed by atoms with E-state index in [2.05, 4.69) is 21.2 Å². The van der Waals surface area contributed by atoms with Crippen LogP contribution < -0.4 is 5.32 Å². The largest absolute Gasteiger partial charge is 0.355 e. The maximum Gasteiger partial charge on any atom is 0.270 e. The van der Waals surface area contributed by atoms with Crippen LogP contribution in [0.2, 0.25) is 0 Å². The van der Waals surface area contributed by atoms with Gasteiger partial charge in [-0.1, -0.05) is 12.1 Å². The zero-order valence-electron chi connectivity index (χ0n) is 14.3. The summed E-state index contributed by atoms with van der Waals surface area (Å²) in [5.41, 5.74) is 2.23. The maximum absolute atomic E-state index is 12.7. The Morgan fingerprint density at radius 1 is 1.25 bits per heavy atom. The summed E-state index contributed by atoms with van der Waals surface area (Å²) >= 11 is 3.43. The molecule has 128 valence electrons. The van der Waals surface area contributed by atoms with E-state index in [1.807, 2.05) is 42.8 Å². The van der Waals surface area contributed by atoms with Crippen molar-refractivity contribution in [1.82, 2.24) is 14.8 Å². The van der Waals surface area contributed by atoms with Gasteiger partial charge in [0.25, 0.3) is 11.8 Å². The van der Waals surface area contributed by atoms with E-state index in [0.717, 1.165) is 10.0 Å². The zero-order valence-corrected chi connectivity index (χ0v) is 15.9. The highest BCUT2D eigenvalue weighted by Crippen LogP contribution is 2.21. The van der Waals surface area contributed by atoms with E-state index in [0.29, 0.717) is 17.8 Å². The van der Waals surface area contributed by atoms with Gasteiger partial charge in [-0.25, -0.2) is 0 Å². The Bertz CT molecular complexity index is 735. The first-order valence-corrected chi connectivity index (χ1v) is 8.56. The summed E-state index contributed by atoms with van der Waals surface area (Å²) in [5.74, 6) is -0.157. The Hall–Kier alpha value is -2.08. The zero-order chi connectivity index (χ0) is 17.9. The fraction of sp³-hybridized carbons (Fsp3) is 0.333. The van der Waals surface area contributed by atoms with E-state index in [9.17, 15) is 9.59 Å². The fourth-order valence-corrected chi connectivity index (χ4v) is 2.93. The van der Waals surface area contributed by atoms with Crippen LogP contribution in [0, 0.1) is 0 Å². The first kappa shape index (κ1) is 18.3. The van der Waals surface area contributed by atoms with Crippen LogP contribution in [-0.4, -0.2) is 35.4 Å². The molecule has 6 heteroatoms. The maximum atomic E-state index is 12.7. The number of aromatic nitrogens is 1. The summed E-state index contributed by atoms with van der Waals surface area (Å²) < 4.78 is 2.85. The SMILES string of the molecule is CNC(=O)c1ccc(CN(C)C(=O)c2cc(Br)cn2C(C)C)cc1. The summed E-state index contributed by atoms with van der Waals surface area (Å²) in [4.78, 5) is 26.0. The number of nitrogens with one attached hydrogen (secondary N) is 1. The molecule has 0 saturated carbocycles. The average molecular weight is 392 g/mol. The van der Waals surface area contributed by atoms with Crippen LogP contribution >= 0.6 is 15.9 Å². The van der Waals surface area contributed by atoms with Gasteiger partial charge in [-0.2, -0.15) is 0 Å². The highest BCUT2D eigenvalue weighted by Gasteiger charge is 2.19. The third-order valence-electron chi connectivity index (χ3n) is 3.80. The lowest BCUT2D eigenvalue weighted by Gasteiger charge is -2.20. The summed E-state index contributed by atoms with van der Waals surface area (Å²) in [6, 6.07) is 9.31. The van der Waals surface area contributed by atoms with E-state index >= 15 is 0 Å². The van der Waals surface area contributed by atoms with E-state index in [1.165, 1.54) is 0 Å². The van der Waals surface area contributed by atoms with E-state index in [4.69, 9.17) is 0 Å². The second-order valence-electron chi connectivity index (χ2n) is 5.98. The van der Waals surface area contributed by atoms with Gasteiger partial charge in [-0.3, -0.25) is 9.59 Å². The number of carbonyl (C=O) groups excluding carboxylic acids is 2. The number of benzene rings is 1. The minimum atomic E-state index is -0.120. The quantitative estimate of drug-likeness (QED) is 0.848. The molecule has 1 heterocycles. The van der Waals surface area contributed by atoms with Crippen LogP contribution in [0.3, 0.4) is 0 Å². The van der Waals surface area contributed by atoms with Gasteiger partial charge in [-0.05, 0) is 53.5 Å². The molecule has 0 aliphatic carbocycles. The van der Waals surface area contributed by atoms with Crippen molar-refractivity contribution in [2.24, 2.45) is 0 Å². The number of carbonyl (C=O) groups is 2. The van der Waals surface area contributed by atoms with Crippen molar-refractivity contribution in [3.05, 3.63) is 57.8 Å². The van der Waals surface area contributed by atoms with Crippen LogP contribution in [0.1, 0.15) is 46.3 Å². The van der Waals surface area contributed by atoms with E-state index in [-0.39, 0.29) is 17.9 Å². The number of hydrogen-bond acceptors (Lipinski definition) is 2. The van der Waals surface area contributed by atoms with Crippen molar-refractivity contribution in [3.63, 3.8) is 0 Å². The van der Waals surface area contributed by atoms with Gasteiger partial charge in [0.05, 0.1) is 0 Å². The van der Waals surface area contributed by atoms with Crippen LogP contribution in [0.15, 0.2) is 41.0 Å². The van der Waals surface area contributed by atoms with Gasteiger partial charge in [0.15, 0.2) is 0 Å². The second-order valence-corrected chi connectivity index (χ2v) is 6.90. The highest BCUT2D eigenvalue weighted by atomic mass is 79.9. The number of halogens is 1. The Balaban J connectivity index is 2.13. The smallest absolute Gasteiger partial charge is 0.270 e. The topological polar surface area (TPSA) is 54.3 Å². The number of amides is 2. The van der Waals surface area contributed by atoms with Crippen molar-refractivity contribution < 1.29 is 9.59 Å². The van der Waals surface area contributed by atoms with Crippen molar-refractivity contribution >= 4 is 27.7 Å². The molecule has 2 rings (SSSR count). The van der Waals surface area contributed by atoms with E-state index in [1.54, 1.807) is 31.1 Å². The summed E-state index contributed by atoms with van der Waals surface area (Å²) in [6.45, 7) is 4.56. The number of hydrogen-bond donors (Lipinski definition) is 1. The molecule has 1 N–H and O–H groups in total. The highest BCUT2D eigenvalue weighted by molar-refractivity contribution is 9.10. The molecule has 2 amide bonds. The molecule has 0 fully saturated rings. The molecule has 0 atom stereocenters. The Morgan fingerprint density at radius 3 is 2.42 bits per heavy atom. The molecule has 0 saturated heterocycles. The molecule has 2 aromatic rings. The first-order valence-electron chi connectivity index (χ1n) is 7.77. The minimum absolute atomic E-state index is 0.0372. The van der Waals surface area contributed by atoms with Crippen LogP contribution in [0.4, 0.5) is 0 Å². The predicted octanol–water partition coefficient (Wildman–Crippen LogP) is 3.46. The number of nitrogens with zero attached hydrogens (tertiary/aromatic N) is 2. The Labute approximate surface area is 150 Å². The van der Waals surface area contributed by atoms with Crippen molar-refractivity contribution in [1.29, 1.82) is 0 Å². The third kappa shape index (κ3) is 4.06. The predicted molar refractivity (Wildman–Crippen MR) is 98.1 cm³/mol. The first-order chi connectivity index (χ1) is 11.3. The second kappa shape index (κ2) is 7.66. The van der Waals surface area contributed by atoms with Crippen LogP contribution in [0.25, 0.3) is 0 Å². The molecule has 1 aromatic heterocycles. The molecule has 0 bridgehead atoms. The summed E-state index contributed by atoms with van der Waals surface area (Å²) in [6.07, 6.45) is 1.92. The fourth-order valence-electron chi connectivity index (χ4n) is 2.49. The molecule has 24 heavy (non-hydrogen) atoms. The standard InChI is InChI=1S/C18H22BrN3O2/c1-12(2)22-11-15(19)9-16(22)18(24)21(4)10-13-5-7-14(8-6-13)17(23)20-3/h5-9,11-12H,10H2,1-4H3,(H,20,23). The monoisotopic (exact) mass is 391 g/mol. The third-order valence-corrected chi connectivity index (χ3v) is 4.23. The number of rotatable bonds is 5. The van der Waals surface area contributed by atoms with Crippen LogP contribution in [-0.2, 0) is 6.54 Å². The average Bonchev–Trinajstić information content (AvgIpc) is 2.96. The van der Waals surface area contributed by atoms with Gasteiger partial charge in [0.1, 0.15) is 5.69 Å². The lowest BCUT2D eigenvalue weighted by Crippen LogP contribution is -2.28. The van der Waals surface area contributed by atoms with Gasteiger partial charge < -0.3 is 14.8 Å². The van der Waals surface area contributed by atoms with Gasteiger partial charge >= 0.3 is 0 Å². The molecule has 5 nitrogen and oxygen atoms in total. The molecule has 0 radical (unpaired) electrons. The lowest BCUT2D eigenvalue weighted by atomic mass is 10.1. The van der Waals surface area contributed by atoms with Crippen LogP contribution in [0.5, 0.6) is 0 Å². The molecule has 0 aliphatic heterocycles. The molecular weight excluding hydrogens is 370 g/mol. The summed E-state index contributed by atoms with van der Waals surface area (Å²) in [7, 11) is 3.38. The summed E-state index contributed by atoms with van der Waals surface area (Å²) in [5, 5.41) is 2.59. The molecule has 0 spiro atoms. The molecule has 0 aliphatic rings. The van der Waals surface area contributed by atoms with E-state index < -0.39 is 0 Å². The van der Waals surface area contributed by atoms with Gasteiger partial charge in [0.2, 0.25) is 0 Å². The Morgan fingerprint density at radius 2 is 1.88 bits per heavy atom. The minimum Gasteiger partial charge on any atom is -0.355 e. The lowest BCUT2D eigenvalue weighted by molar-refractivity contribution is 0.0772. The van der Waals surface area contributed by atoms with Gasteiger partial charge in [-0.15, -0.1) is 0 Å².